The number of carbonyl (C=O) groups excluding carboxylic acids is 1. The molecule has 6 fully saturated rings. The number of rotatable bonds is 8. The van der Waals surface area contributed by atoms with Crippen molar-refractivity contribution in [3.05, 3.63) is 48.3 Å². The Kier molecular flexibility index (Phi) is 7.12. The summed E-state index contributed by atoms with van der Waals surface area (Å²) in [6.07, 6.45) is 2.46. The standard InChI is InChI=1S/C37H40F4N6O3/c1-2-28(49)47-19-36(20-47)10-12-44(13-11-36)33-25-14-24(22-6-7-22)29(30-26(38)4-3-5-27(30)48)32(50-21-37(39,40)41)31(25)42-34(43-33)45-15-23(16-45)46-17-35(18-46)8-9-35/h2-5,14,22-23,48H,1,6-13,15-21H2. The first-order valence-electron chi connectivity index (χ1n) is 17.7. The van der Waals surface area contributed by atoms with E-state index in [-0.39, 0.29) is 45.4 Å². The van der Waals surface area contributed by atoms with Crippen molar-refractivity contribution in [3.8, 4) is 22.6 Å². The van der Waals surface area contributed by atoms with Crippen LogP contribution in [-0.2, 0) is 4.79 Å². The average molecular weight is 693 g/mol. The zero-order chi connectivity index (χ0) is 34.6. The van der Waals surface area contributed by atoms with Gasteiger partial charge in [0.25, 0.3) is 0 Å². The molecule has 6 aliphatic rings. The average Bonchev–Trinajstić information content (AvgIpc) is 3.96. The molecule has 2 aliphatic carbocycles. The van der Waals surface area contributed by atoms with E-state index in [0.29, 0.717) is 73.4 Å². The summed E-state index contributed by atoms with van der Waals surface area (Å²) in [6.45, 7) is 8.27. The van der Waals surface area contributed by atoms with Gasteiger partial charge in [-0.2, -0.15) is 18.2 Å². The van der Waals surface area contributed by atoms with Gasteiger partial charge in [-0.15, -0.1) is 0 Å². The third kappa shape index (κ3) is 5.43. The molecule has 0 atom stereocenters. The van der Waals surface area contributed by atoms with Crippen molar-refractivity contribution in [2.45, 2.75) is 56.7 Å². The minimum atomic E-state index is -4.67. The molecule has 9 rings (SSSR count). The summed E-state index contributed by atoms with van der Waals surface area (Å²) in [6, 6.07) is 6.14. The highest BCUT2D eigenvalue weighted by molar-refractivity contribution is 6.01. The van der Waals surface area contributed by atoms with Gasteiger partial charge in [0.05, 0.1) is 5.56 Å². The van der Waals surface area contributed by atoms with E-state index in [2.05, 4.69) is 21.3 Å². The fourth-order valence-electron chi connectivity index (χ4n) is 8.61. The smallest absolute Gasteiger partial charge is 0.422 e. The van der Waals surface area contributed by atoms with Crippen LogP contribution < -0.4 is 14.5 Å². The van der Waals surface area contributed by atoms with E-state index in [0.717, 1.165) is 38.8 Å². The molecule has 9 nitrogen and oxygen atoms in total. The van der Waals surface area contributed by atoms with Gasteiger partial charge in [-0.05, 0) is 79.7 Å². The maximum absolute atomic E-state index is 15.6. The molecule has 2 saturated carbocycles. The van der Waals surface area contributed by atoms with Gasteiger partial charge in [-0.25, -0.2) is 9.37 Å². The largest absolute Gasteiger partial charge is 0.507 e. The van der Waals surface area contributed by atoms with Crippen LogP contribution in [0.5, 0.6) is 11.5 Å². The summed E-state index contributed by atoms with van der Waals surface area (Å²) < 4.78 is 62.8. The van der Waals surface area contributed by atoms with Gasteiger partial charge in [0, 0.05) is 74.8 Å². The van der Waals surface area contributed by atoms with Crippen molar-refractivity contribution in [2.75, 3.05) is 68.8 Å². The number of piperidine rings is 1. The van der Waals surface area contributed by atoms with Crippen molar-refractivity contribution in [3.63, 3.8) is 0 Å². The highest BCUT2D eigenvalue weighted by atomic mass is 19.4. The third-order valence-corrected chi connectivity index (χ3v) is 11.9. The van der Waals surface area contributed by atoms with Crippen LogP contribution >= 0.6 is 0 Å². The van der Waals surface area contributed by atoms with Crippen molar-refractivity contribution >= 4 is 28.6 Å². The number of hydrogen-bond acceptors (Lipinski definition) is 8. The van der Waals surface area contributed by atoms with Crippen LogP contribution in [0.4, 0.5) is 29.3 Å². The SMILES string of the molecule is C=CC(=O)N1CC2(CCN(c3nc(N4CC(N5CC6(CC6)C5)C4)nc4c(OCC(F)(F)F)c(-c5c(O)cccc5F)c(C5CC5)cc34)CC2)C1. The molecule has 1 amide bonds. The molecule has 4 aliphatic heterocycles. The van der Waals surface area contributed by atoms with E-state index >= 15 is 4.39 Å². The molecule has 50 heavy (non-hydrogen) atoms. The first-order valence-corrected chi connectivity index (χ1v) is 17.7. The van der Waals surface area contributed by atoms with Crippen LogP contribution in [0.15, 0.2) is 36.9 Å². The summed E-state index contributed by atoms with van der Waals surface area (Å²) in [4.78, 5) is 30.7. The zero-order valence-electron chi connectivity index (χ0n) is 27.8. The van der Waals surface area contributed by atoms with E-state index in [9.17, 15) is 23.1 Å². The number of benzene rings is 2. The Balaban J connectivity index is 1.14. The Hall–Kier alpha value is -4.13. The Labute approximate surface area is 287 Å². The number of nitrogens with zero attached hydrogens (tertiary/aromatic N) is 6. The molecule has 3 aromatic rings. The normalized spacial score (nSPS) is 22.8. The molecule has 264 valence electrons. The number of alkyl halides is 3. The number of aromatic nitrogens is 2. The summed E-state index contributed by atoms with van der Waals surface area (Å²) in [5, 5.41) is 11.5. The fraction of sp³-hybridized carbons (Fsp3) is 0.541. The fourth-order valence-corrected chi connectivity index (χ4v) is 8.61. The second-order valence-electron chi connectivity index (χ2n) is 15.6. The molecule has 4 saturated heterocycles. The molecule has 13 heteroatoms. The highest BCUT2D eigenvalue weighted by Crippen LogP contribution is 2.55. The van der Waals surface area contributed by atoms with Crippen molar-refractivity contribution in [1.29, 1.82) is 0 Å². The number of fused-ring (bicyclic) bond motifs is 1. The lowest BCUT2D eigenvalue weighted by atomic mass is 9.72. The number of aromatic hydroxyl groups is 1. The van der Waals surface area contributed by atoms with Crippen molar-refractivity contribution in [1.82, 2.24) is 19.8 Å². The molecule has 2 spiro atoms. The van der Waals surface area contributed by atoms with Crippen LogP contribution in [0, 0.1) is 16.6 Å². The van der Waals surface area contributed by atoms with Gasteiger partial charge in [0.15, 0.2) is 12.4 Å². The van der Waals surface area contributed by atoms with Gasteiger partial charge in [-0.3, -0.25) is 9.69 Å². The van der Waals surface area contributed by atoms with E-state index in [4.69, 9.17) is 14.7 Å². The number of hydrogen-bond donors (Lipinski definition) is 1. The third-order valence-electron chi connectivity index (χ3n) is 11.9. The number of phenols is 1. The predicted molar refractivity (Wildman–Crippen MR) is 180 cm³/mol. The van der Waals surface area contributed by atoms with Gasteiger partial charge in [0.2, 0.25) is 11.9 Å². The molecule has 2 aromatic carbocycles. The van der Waals surface area contributed by atoms with Crippen LogP contribution in [0.1, 0.15) is 50.0 Å². The lowest BCUT2D eigenvalue weighted by molar-refractivity contribution is -0.153. The molecule has 5 heterocycles. The topological polar surface area (TPSA) is 85.3 Å². The van der Waals surface area contributed by atoms with Crippen LogP contribution in [0.25, 0.3) is 22.0 Å². The Morgan fingerprint density at radius 1 is 1.00 bits per heavy atom. The highest BCUT2D eigenvalue weighted by Gasteiger charge is 2.55. The van der Waals surface area contributed by atoms with Gasteiger partial charge >= 0.3 is 6.18 Å². The number of ether oxygens (including phenoxy) is 1. The van der Waals surface area contributed by atoms with Gasteiger partial charge < -0.3 is 24.5 Å². The second kappa shape index (κ2) is 11.2. The minimum absolute atomic E-state index is 0.0113. The molecular weight excluding hydrogens is 652 g/mol. The second-order valence-corrected chi connectivity index (χ2v) is 15.6. The number of halogens is 4. The molecule has 1 aromatic heterocycles. The van der Waals surface area contributed by atoms with Crippen LogP contribution in [0.3, 0.4) is 0 Å². The van der Waals surface area contributed by atoms with E-state index in [1.54, 1.807) is 4.90 Å². The number of likely N-dealkylation sites (tertiary alicyclic amines) is 2. The maximum Gasteiger partial charge on any atom is 0.422 e. The van der Waals surface area contributed by atoms with Crippen molar-refractivity contribution in [2.24, 2.45) is 10.8 Å². The zero-order valence-corrected chi connectivity index (χ0v) is 27.8. The minimum Gasteiger partial charge on any atom is -0.507 e. The first kappa shape index (κ1) is 31.8. The van der Waals surface area contributed by atoms with Crippen molar-refractivity contribution < 1.29 is 32.2 Å². The first-order chi connectivity index (χ1) is 23.9. The number of phenolic OH excluding ortho intramolecular Hbond substituents is 1. The summed E-state index contributed by atoms with van der Waals surface area (Å²) in [5.41, 5.74) is 1.26. The Bertz CT molecular complexity index is 1860. The maximum atomic E-state index is 15.6. The summed E-state index contributed by atoms with van der Waals surface area (Å²) in [7, 11) is 0. The predicted octanol–water partition coefficient (Wildman–Crippen LogP) is 5.86. The summed E-state index contributed by atoms with van der Waals surface area (Å²) >= 11 is 0. The van der Waals surface area contributed by atoms with Gasteiger partial charge in [-0.1, -0.05) is 12.6 Å². The number of amides is 1. The molecule has 1 N–H and O–H groups in total. The molecule has 0 unspecified atom stereocenters. The van der Waals surface area contributed by atoms with Crippen LogP contribution in [0.2, 0.25) is 0 Å². The lowest BCUT2D eigenvalue weighted by Crippen LogP contribution is -2.66. The monoisotopic (exact) mass is 692 g/mol. The van der Waals surface area contributed by atoms with E-state index in [1.807, 2.05) is 6.07 Å². The molecule has 0 bridgehead atoms. The Morgan fingerprint density at radius 2 is 1.70 bits per heavy atom. The lowest BCUT2D eigenvalue weighted by Gasteiger charge is -2.54. The number of anilines is 2. The van der Waals surface area contributed by atoms with E-state index < -0.39 is 18.6 Å². The molecule has 0 radical (unpaired) electrons. The van der Waals surface area contributed by atoms with E-state index in [1.165, 1.54) is 37.1 Å². The van der Waals surface area contributed by atoms with Crippen LogP contribution in [-0.4, -0.2) is 102 Å². The summed E-state index contributed by atoms with van der Waals surface area (Å²) in [5.74, 6) is -0.409. The van der Waals surface area contributed by atoms with Gasteiger partial charge in [0.1, 0.15) is 22.9 Å². The Morgan fingerprint density at radius 3 is 2.32 bits per heavy atom. The molecular formula is C37H40F4N6O3. The number of carbonyl (C=O) groups is 1. The quantitative estimate of drug-likeness (QED) is 0.232.